The minimum Gasteiger partial charge on any atom is -0.356 e. The maximum Gasteiger partial charge on any atom is 0.191 e. The molecule has 0 bridgehead atoms. The van der Waals surface area contributed by atoms with Crippen LogP contribution in [0.4, 0.5) is 4.39 Å². The summed E-state index contributed by atoms with van der Waals surface area (Å²) in [6, 6.07) is 4.79. The van der Waals surface area contributed by atoms with Crippen molar-refractivity contribution in [1.29, 1.82) is 0 Å². The highest BCUT2D eigenvalue weighted by atomic mass is 127. The molecule has 0 amide bonds. The summed E-state index contributed by atoms with van der Waals surface area (Å²) < 4.78 is 14.0. The van der Waals surface area contributed by atoms with E-state index >= 15 is 0 Å². The van der Waals surface area contributed by atoms with Gasteiger partial charge in [-0.25, -0.2) is 4.39 Å². The fourth-order valence-corrected chi connectivity index (χ4v) is 2.61. The van der Waals surface area contributed by atoms with Crippen LogP contribution in [0.3, 0.4) is 0 Å². The summed E-state index contributed by atoms with van der Waals surface area (Å²) in [6.07, 6.45) is 1.05. The maximum atomic E-state index is 14.0. The number of aliphatic imine (C=N–C) groups is 1. The van der Waals surface area contributed by atoms with Gasteiger partial charge in [0.1, 0.15) is 5.82 Å². The molecule has 1 aromatic carbocycles. The highest BCUT2D eigenvalue weighted by Crippen LogP contribution is 2.31. The van der Waals surface area contributed by atoms with Gasteiger partial charge in [0.25, 0.3) is 0 Å². The minimum absolute atomic E-state index is 0. The van der Waals surface area contributed by atoms with E-state index in [0.717, 1.165) is 25.5 Å². The molecule has 3 nitrogen and oxygen atoms in total. The number of guanidine groups is 1. The lowest BCUT2D eigenvalue weighted by atomic mass is 9.84. The Morgan fingerprint density at radius 3 is 2.80 bits per heavy atom. The van der Waals surface area contributed by atoms with Gasteiger partial charge in [-0.1, -0.05) is 31.5 Å². The van der Waals surface area contributed by atoms with Crippen molar-refractivity contribution < 1.29 is 4.39 Å². The van der Waals surface area contributed by atoms with Crippen LogP contribution in [0.5, 0.6) is 0 Å². The number of hydrogen-bond donors (Lipinski definition) is 2. The molecule has 0 spiro atoms. The zero-order valence-corrected chi connectivity index (χ0v) is 14.8. The first-order chi connectivity index (χ1) is 9.00. The van der Waals surface area contributed by atoms with Gasteiger partial charge >= 0.3 is 0 Å². The Kier molecular flexibility index (Phi) is 6.51. The molecule has 20 heavy (non-hydrogen) atoms. The van der Waals surface area contributed by atoms with Crippen LogP contribution in [0.2, 0.25) is 5.02 Å². The first-order valence-electron chi connectivity index (χ1n) is 6.47. The third kappa shape index (κ3) is 4.22. The Bertz CT molecular complexity index is 471. The molecule has 0 saturated heterocycles. The normalized spacial score (nSPS) is 14.9. The quantitative estimate of drug-likeness (QED) is 0.749. The van der Waals surface area contributed by atoms with E-state index in [2.05, 4.69) is 15.6 Å². The number of halogens is 3. The molecule has 1 aliphatic rings. The number of hydrogen-bond acceptors (Lipinski definition) is 3. The van der Waals surface area contributed by atoms with Gasteiger partial charge in [0, 0.05) is 35.6 Å². The van der Waals surface area contributed by atoms with Crippen molar-refractivity contribution in [1.82, 2.24) is 10.6 Å². The van der Waals surface area contributed by atoms with Crippen molar-refractivity contribution in [3.63, 3.8) is 0 Å². The van der Waals surface area contributed by atoms with Crippen molar-refractivity contribution >= 4 is 41.5 Å². The van der Waals surface area contributed by atoms with Gasteiger partial charge in [-0.3, -0.25) is 4.99 Å². The van der Waals surface area contributed by atoms with Crippen molar-refractivity contribution in [2.24, 2.45) is 4.99 Å². The monoisotopic (exact) mass is 411 g/mol. The van der Waals surface area contributed by atoms with E-state index in [4.69, 9.17) is 11.6 Å². The van der Waals surface area contributed by atoms with Gasteiger partial charge in [-0.15, -0.1) is 24.0 Å². The van der Waals surface area contributed by atoms with Crippen LogP contribution < -0.4 is 10.6 Å². The summed E-state index contributed by atoms with van der Waals surface area (Å²) in [5.41, 5.74) is 0.130. The second kappa shape index (κ2) is 7.45. The van der Waals surface area contributed by atoms with Gasteiger partial charge in [-0.05, 0) is 18.6 Å². The van der Waals surface area contributed by atoms with Gasteiger partial charge in [0.2, 0.25) is 0 Å². The molecule has 2 rings (SSSR count). The van der Waals surface area contributed by atoms with Gasteiger partial charge in [0.15, 0.2) is 5.96 Å². The fourth-order valence-electron chi connectivity index (χ4n) is 2.19. The van der Waals surface area contributed by atoms with E-state index < -0.39 is 5.41 Å². The lowest BCUT2D eigenvalue weighted by Gasteiger charge is -2.28. The van der Waals surface area contributed by atoms with Crippen molar-refractivity contribution in [3.05, 3.63) is 34.6 Å². The third-order valence-corrected chi connectivity index (χ3v) is 3.55. The molecule has 0 fully saturated rings. The Balaban J connectivity index is 0.00000200. The van der Waals surface area contributed by atoms with Crippen molar-refractivity contribution in [2.45, 2.75) is 25.7 Å². The molecule has 112 valence electrons. The minimum atomic E-state index is -0.413. The molecule has 6 heteroatoms. The maximum absolute atomic E-state index is 14.0. The lowest BCUT2D eigenvalue weighted by Crippen LogP contribution is -2.45. The standard InChI is InChI=1S/C14H19ClFN3.HI/c1-14(2,9-19-13-17-7-4-8-18-13)12-10(15)5-3-6-11(12)16;/h3,5-6H,4,7-9H2,1-2H3,(H2,17,18,19);1H. The Morgan fingerprint density at radius 2 is 2.20 bits per heavy atom. The van der Waals surface area contributed by atoms with Crippen LogP contribution in [0.15, 0.2) is 23.2 Å². The number of benzene rings is 1. The first kappa shape index (κ1) is 17.5. The summed E-state index contributed by atoms with van der Waals surface area (Å²) in [5.74, 6) is 0.518. The molecule has 1 aliphatic heterocycles. The van der Waals surface area contributed by atoms with E-state index in [-0.39, 0.29) is 29.8 Å². The number of nitrogens with zero attached hydrogens (tertiary/aromatic N) is 1. The van der Waals surface area contributed by atoms with E-state index in [1.165, 1.54) is 6.07 Å². The summed E-state index contributed by atoms with van der Waals surface area (Å²) in [6.45, 7) is 6.25. The molecular weight excluding hydrogens is 392 g/mol. The molecular formula is C14H20ClFIN3. The zero-order valence-electron chi connectivity index (χ0n) is 11.7. The van der Waals surface area contributed by atoms with Crippen LogP contribution in [-0.2, 0) is 5.41 Å². The second-order valence-electron chi connectivity index (χ2n) is 5.34. The first-order valence-corrected chi connectivity index (χ1v) is 6.85. The van der Waals surface area contributed by atoms with E-state index in [1.54, 1.807) is 12.1 Å². The molecule has 2 N–H and O–H groups in total. The third-order valence-electron chi connectivity index (χ3n) is 3.23. The van der Waals surface area contributed by atoms with Gasteiger partial charge in [-0.2, -0.15) is 0 Å². The Labute approximate surface area is 141 Å². The van der Waals surface area contributed by atoms with Gasteiger partial charge < -0.3 is 10.6 Å². The lowest BCUT2D eigenvalue weighted by molar-refractivity contribution is 0.472. The molecule has 0 radical (unpaired) electrons. The highest BCUT2D eigenvalue weighted by Gasteiger charge is 2.27. The van der Waals surface area contributed by atoms with Crippen LogP contribution in [0, 0.1) is 5.82 Å². The average Bonchev–Trinajstić information content (AvgIpc) is 2.37. The molecule has 0 saturated carbocycles. The molecule has 1 aromatic rings. The molecule has 1 heterocycles. The molecule has 0 aromatic heterocycles. The Morgan fingerprint density at radius 1 is 1.45 bits per heavy atom. The average molecular weight is 412 g/mol. The van der Waals surface area contributed by atoms with E-state index in [9.17, 15) is 4.39 Å². The summed E-state index contributed by atoms with van der Waals surface area (Å²) in [7, 11) is 0. The fraction of sp³-hybridized carbons (Fsp3) is 0.500. The van der Waals surface area contributed by atoms with Gasteiger partial charge in [0.05, 0.1) is 0 Å². The number of nitrogens with one attached hydrogen (secondary N) is 2. The SMILES string of the molecule is CC(C)(CNC1=NCCCN1)c1c(F)cccc1Cl.I. The van der Waals surface area contributed by atoms with E-state index in [1.807, 2.05) is 13.8 Å². The molecule has 0 aliphatic carbocycles. The number of rotatable bonds is 3. The second-order valence-corrected chi connectivity index (χ2v) is 5.75. The largest absolute Gasteiger partial charge is 0.356 e. The summed E-state index contributed by atoms with van der Waals surface area (Å²) in [4.78, 5) is 4.34. The zero-order chi connectivity index (χ0) is 13.9. The van der Waals surface area contributed by atoms with Crippen LogP contribution in [-0.4, -0.2) is 25.6 Å². The summed E-state index contributed by atoms with van der Waals surface area (Å²) >= 11 is 6.12. The Hall–Kier alpha value is -0.560. The van der Waals surface area contributed by atoms with Crippen molar-refractivity contribution in [2.75, 3.05) is 19.6 Å². The van der Waals surface area contributed by atoms with Crippen molar-refractivity contribution in [3.8, 4) is 0 Å². The van der Waals surface area contributed by atoms with Crippen LogP contribution >= 0.6 is 35.6 Å². The molecule has 0 atom stereocenters. The smallest absolute Gasteiger partial charge is 0.191 e. The van der Waals surface area contributed by atoms with Crippen LogP contribution in [0.25, 0.3) is 0 Å². The summed E-state index contributed by atoms with van der Waals surface area (Å²) in [5, 5.41) is 6.88. The predicted octanol–water partition coefficient (Wildman–Crippen LogP) is 3.31. The predicted molar refractivity (Wildman–Crippen MR) is 92.8 cm³/mol. The molecule has 0 unspecified atom stereocenters. The topological polar surface area (TPSA) is 36.4 Å². The van der Waals surface area contributed by atoms with Crippen LogP contribution in [0.1, 0.15) is 25.8 Å². The van der Waals surface area contributed by atoms with E-state index in [0.29, 0.717) is 17.1 Å². The highest BCUT2D eigenvalue weighted by molar-refractivity contribution is 14.0.